The number of rotatable bonds is 8. The summed E-state index contributed by atoms with van der Waals surface area (Å²) in [6.45, 7) is 2.96. The van der Waals surface area contributed by atoms with Crippen LogP contribution in [0.15, 0.2) is 95.9 Å². The quantitative estimate of drug-likeness (QED) is 0.287. The molecule has 0 bridgehead atoms. The fourth-order valence-electron chi connectivity index (χ4n) is 3.93. The minimum atomic E-state index is -0.349. The molecule has 0 spiro atoms. The summed E-state index contributed by atoms with van der Waals surface area (Å²) in [5, 5.41) is 10.7. The predicted octanol–water partition coefficient (Wildman–Crippen LogP) is 5.74. The van der Waals surface area contributed by atoms with Crippen LogP contribution in [0.5, 0.6) is 0 Å². The van der Waals surface area contributed by atoms with Gasteiger partial charge in [0.2, 0.25) is 0 Å². The molecule has 0 atom stereocenters. The molecule has 3 aromatic heterocycles. The number of benzene rings is 2. The zero-order valence-corrected chi connectivity index (χ0v) is 20.4. The molecule has 0 radical (unpaired) electrons. The Balaban J connectivity index is 1.25. The highest BCUT2D eigenvalue weighted by Gasteiger charge is 2.17. The maximum atomic E-state index is 13.0. The minimum absolute atomic E-state index is 0.180. The lowest BCUT2D eigenvalue weighted by Crippen LogP contribution is -2.22. The van der Waals surface area contributed by atoms with E-state index in [4.69, 9.17) is 4.42 Å². The molecular weight excluding hydrogens is 472 g/mol. The summed E-state index contributed by atoms with van der Waals surface area (Å²) in [6.07, 6.45) is 5.16. The highest BCUT2D eigenvalue weighted by molar-refractivity contribution is 7.18. The van der Waals surface area contributed by atoms with Crippen LogP contribution in [0.3, 0.4) is 0 Å². The molecule has 0 aliphatic heterocycles. The number of amides is 2. The number of carbonyl (C=O) groups is 2. The fraction of sp³-hybridized carbons (Fsp3) is 0.107. The maximum Gasteiger partial charge on any atom is 0.291 e. The van der Waals surface area contributed by atoms with Gasteiger partial charge < -0.3 is 15.1 Å². The molecule has 3 heterocycles. The third-order valence-electron chi connectivity index (χ3n) is 5.73. The lowest BCUT2D eigenvalue weighted by atomic mass is 9.98. The smallest absolute Gasteiger partial charge is 0.291 e. The zero-order chi connectivity index (χ0) is 24.9. The first-order chi connectivity index (χ1) is 17.6. The van der Waals surface area contributed by atoms with E-state index in [1.54, 1.807) is 24.4 Å². The normalized spacial score (nSPS) is 10.8. The van der Waals surface area contributed by atoms with Crippen LogP contribution < -0.4 is 10.6 Å². The number of carbonyl (C=O) groups excluding carboxylic acids is 2. The van der Waals surface area contributed by atoms with Crippen molar-refractivity contribution in [3.63, 3.8) is 0 Å². The van der Waals surface area contributed by atoms with E-state index in [1.165, 1.54) is 17.6 Å². The first-order valence-electron chi connectivity index (χ1n) is 11.4. The summed E-state index contributed by atoms with van der Waals surface area (Å²) in [7, 11) is 0. The summed E-state index contributed by atoms with van der Waals surface area (Å²) >= 11 is 1.24. The Labute approximate surface area is 212 Å². The van der Waals surface area contributed by atoms with Crippen LogP contribution in [0.1, 0.15) is 36.9 Å². The van der Waals surface area contributed by atoms with E-state index in [9.17, 15) is 9.59 Å². The van der Waals surface area contributed by atoms with Gasteiger partial charge >= 0.3 is 0 Å². The molecule has 7 nitrogen and oxygen atoms in total. The molecule has 0 aliphatic carbocycles. The first-order valence-corrected chi connectivity index (χ1v) is 12.3. The van der Waals surface area contributed by atoms with Crippen molar-refractivity contribution in [2.45, 2.75) is 20.0 Å². The number of hydrogen-bond donors (Lipinski definition) is 2. The molecule has 0 saturated heterocycles. The lowest BCUT2D eigenvalue weighted by molar-refractivity contribution is 0.0953. The summed E-state index contributed by atoms with van der Waals surface area (Å²) in [6, 6.07) is 23.4. The molecule has 180 valence electrons. The molecule has 0 unspecified atom stereocenters. The average molecular weight is 497 g/mol. The number of nitrogens with zero attached hydrogens (tertiary/aromatic N) is 2. The Kier molecular flexibility index (Phi) is 6.77. The zero-order valence-electron chi connectivity index (χ0n) is 19.6. The third-order valence-corrected chi connectivity index (χ3v) is 6.88. The minimum Gasteiger partial charge on any atom is -0.459 e. The van der Waals surface area contributed by atoms with Gasteiger partial charge in [0.15, 0.2) is 5.76 Å². The van der Waals surface area contributed by atoms with Crippen molar-refractivity contribution in [3.05, 3.63) is 119 Å². The molecular formula is C28H24N4O3S. The Bertz CT molecular complexity index is 1470. The molecule has 0 aliphatic rings. The van der Waals surface area contributed by atoms with Gasteiger partial charge in [-0.2, -0.15) is 5.10 Å². The van der Waals surface area contributed by atoms with Gasteiger partial charge in [-0.05, 0) is 59.0 Å². The van der Waals surface area contributed by atoms with E-state index in [1.807, 2.05) is 42.1 Å². The number of thiophene rings is 1. The van der Waals surface area contributed by atoms with Gasteiger partial charge in [-0.15, -0.1) is 11.3 Å². The maximum absolute atomic E-state index is 13.0. The SMILES string of the molecule is Cc1cc(NC(=O)c2ccco2)sc1C(=O)NCc1ccccc1-c1ccc(Cn2cccn2)cc1. The molecule has 5 aromatic rings. The Morgan fingerprint density at radius 3 is 2.58 bits per heavy atom. The van der Waals surface area contributed by atoms with Crippen LogP contribution in [0.25, 0.3) is 11.1 Å². The van der Waals surface area contributed by atoms with Crippen LogP contribution in [0, 0.1) is 6.92 Å². The van der Waals surface area contributed by atoms with Gasteiger partial charge in [0.05, 0.1) is 22.7 Å². The Hall–Kier alpha value is -4.43. The van der Waals surface area contributed by atoms with Gasteiger partial charge in [-0.25, -0.2) is 0 Å². The second kappa shape index (κ2) is 10.5. The van der Waals surface area contributed by atoms with Crippen molar-refractivity contribution >= 4 is 28.2 Å². The largest absolute Gasteiger partial charge is 0.459 e. The van der Waals surface area contributed by atoms with Crippen molar-refractivity contribution in [3.8, 4) is 11.1 Å². The van der Waals surface area contributed by atoms with Crippen molar-refractivity contribution in [1.29, 1.82) is 0 Å². The van der Waals surface area contributed by atoms with Crippen LogP contribution >= 0.6 is 11.3 Å². The van der Waals surface area contributed by atoms with Gasteiger partial charge in [-0.3, -0.25) is 14.3 Å². The molecule has 5 rings (SSSR count). The van der Waals surface area contributed by atoms with E-state index < -0.39 is 0 Å². The number of furan rings is 1. The molecule has 2 amide bonds. The van der Waals surface area contributed by atoms with Gasteiger partial charge in [0.25, 0.3) is 11.8 Å². The van der Waals surface area contributed by atoms with Crippen LogP contribution in [-0.4, -0.2) is 21.6 Å². The number of anilines is 1. The predicted molar refractivity (Wildman–Crippen MR) is 140 cm³/mol. The molecule has 2 N–H and O–H groups in total. The van der Waals surface area contributed by atoms with E-state index >= 15 is 0 Å². The second-order valence-electron chi connectivity index (χ2n) is 8.29. The molecule has 8 heteroatoms. The van der Waals surface area contributed by atoms with Crippen molar-refractivity contribution in [2.24, 2.45) is 0 Å². The molecule has 2 aromatic carbocycles. The van der Waals surface area contributed by atoms with Crippen molar-refractivity contribution in [2.75, 3.05) is 5.32 Å². The highest BCUT2D eigenvalue weighted by Crippen LogP contribution is 2.28. The van der Waals surface area contributed by atoms with Crippen molar-refractivity contribution in [1.82, 2.24) is 15.1 Å². The van der Waals surface area contributed by atoms with E-state index in [0.29, 0.717) is 16.4 Å². The number of aromatic nitrogens is 2. The van der Waals surface area contributed by atoms with Gasteiger partial charge in [-0.1, -0.05) is 48.5 Å². The standard InChI is InChI=1S/C28H24N4O3S/c1-19-16-25(31-27(33)24-8-4-15-35-24)36-26(19)28(34)29-17-22-6-2-3-7-23(22)21-11-9-20(10-12-21)18-32-14-5-13-30-32/h2-16H,17-18H2,1H3,(H,29,34)(H,31,33). The number of aryl methyl sites for hydroxylation is 1. The topological polar surface area (TPSA) is 89.2 Å². The van der Waals surface area contributed by atoms with Crippen LogP contribution in [0.2, 0.25) is 0 Å². The van der Waals surface area contributed by atoms with Gasteiger partial charge in [0.1, 0.15) is 0 Å². The van der Waals surface area contributed by atoms with Gasteiger partial charge in [0, 0.05) is 18.9 Å². The monoisotopic (exact) mass is 496 g/mol. The Morgan fingerprint density at radius 2 is 1.83 bits per heavy atom. The number of hydrogen-bond acceptors (Lipinski definition) is 5. The molecule has 0 fully saturated rings. The summed E-state index contributed by atoms with van der Waals surface area (Å²) in [5.74, 6) is -0.309. The summed E-state index contributed by atoms with van der Waals surface area (Å²) < 4.78 is 7.01. The summed E-state index contributed by atoms with van der Waals surface area (Å²) in [5.41, 5.74) is 5.13. The average Bonchev–Trinajstić information content (AvgIpc) is 3.66. The molecule has 0 saturated carbocycles. The fourth-order valence-corrected chi connectivity index (χ4v) is 4.92. The van der Waals surface area contributed by atoms with E-state index in [2.05, 4.69) is 46.1 Å². The second-order valence-corrected chi connectivity index (χ2v) is 9.35. The molecule has 36 heavy (non-hydrogen) atoms. The Morgan fingerprint density at radius 1 is 1.00 bits per heavy atom. The van der Waals surface area contributed by atoms with Crippen molar-refractivity contribution < 1.29 is 14.0 Å². The number of nitrogens with one attached hydrogen (secondary N) is 2. The highest BCUT2D eigenvalue weighted by atomic mass is 32.1. The lowest BCUT2D eigenvalue weighted by Gasteiger charge is -2.12. The van der Waals surface area contributed by atoms with Crippen LogP contribution in [0.4, 0.5) is 5.00 Å². The van der Waals surface area contributed by atoms with E-state index in [-0.39, 0.29) is 17.6 Å². The summed E-state index contributed by atoms with van der Waals surface area (Å²) in [4.78, 5) is 25.8. The van der Waals surface area contributed by atoms with Crippen LogP contribution in [-0.2, 0) is 13.1 Å². The van der Waals surface area contributed by atoms with E-state index in [0.717, 1.165) is 34.4 Å². The third kappa shape index (κ3) is 5.29. The first kappa shape index (κ1) is 23.3.